The zero-order valence-electron chi connectivity index (χ0n) is 17.1. The van der Waals surface area contributed by atoms with Crippen LogP contribution in [0.25, 0.3) is 22.1 Å². The van der Waals surface area contributed by atoms with E-state index >= 15 is 0 Å². The highest BCUT2D eigenvalue weighted by molar-refractivity contribution is 5.95. The molecule has 2 heterocycles. The predicted molar refractivity (Wildman–Crippen MR) is 119 cm³/mol. The van der Waals surface area contributed by atoms with Crippen LogP contribution in [0, 0.1) is 13.8 Å². The number of hydrogen-bond donors (Lipinski definition) is 0. The Hall–Kier alpha value is -3.37. The normalized spacial score (nSPS) is 13.8. The van der Waals surface area contributed by atoms with Gasteiger partial charge in [0.25, 0.3) is 0 Å². The minimum Gasteiger partial charge on any atom is -0.478 e. The van der Waals surface area contributed by atoms with Crippen molar-refractivity contribution in [1.82, 2.24) is 4.90 Å². The van der Waals surface area contributed by atoms with Crippen molar-refractivity contribution in [2.75, 3.05) is 6.73 Å². The number of hydrogen-bond acceptors (Lipinski definition) is 4. The maximum absolute atomic E-state index is 12.4. The van der Waals surface area contributed by atoms with Crippen LogP contribution >= 0.6 is 0 Å². The molecule has 4 aromatic rings. The molecule has 0 N–H and O–H groups in total. The SMILES string of the molecule is Cc1ccc(CN2COc3ccc4c(-c5ccc(C)cc5)cc(=O)oc4c3C2)cc1. The molecule has 0 saturated carbocycles. The van der Waals surface area contributed by atoms with Crippen LogP contribution in [0.2, 0.25) is 0 Å². The first-order chi connectivity index (χ1) is 14.6. The maximum Gasteiger partial charge on any atom is 0.336 e. The summed E-state index contributed by atoms with van der Waals surface area (Å²) in [5.41, 5.74) is 6.75. The Balaban J connectivity index is 1.56. The van der Waals surface area contributed by atoms with Crippen LogP contribution in [0.15, 0.2) is 75.9 Å². The minimum atomic E-state index is -0.345. The first kappa shape index (κ1) is 18.6. The van der Waals surface area contributed by atoms with Gasteiger partial charge >= 0.3 is 5.63 Å². The third-order valence-electron chi connectivity index (χ3n) is 5.65. The Morgan fingerprint density at radius 2 is 1.60 bits per heavy atom. The molecule has 1 aliphatic rings. The lowest BCUT2D eigenvalue weighted by Crippen LogP contribution is -2.31. The summed E-state index contributed by atoms with van der Waals surface area (Å²) in [5.74, 6) is 0.784. The zero-order chi connectivity index (χ0) is 20.7. The molecule has 0 fully saturated rings. The van der Waals surface area contributed by atoms with E-state index in [9.17, 15) is 4.79 Å². The van der Waals surface area contributed by atoms with Crippen LogP contribution in [0.5, 0.6) is 5.75 Å². The summed E-state index contributed by atoms with van der Waals surface area (Å²) in [5, 5.41) is 0.929. The fourth-order valence-corrected chi connectivity index (χ4v) is 4.00. The largest absolute Gasteiger partial charge is 0.478 e. The lowest BCUT2D eigenvalue weighted by Gasteiger charge is -2.29. The molecular weight excluding hydrogens is 374 g/mol. The van der Waals surface area contributed by atoms with Crippen molar-refractivity contribution in [1.29, 1.82) is 0 Å². The zero-order valence-corrected chi connectivity index (χ0v) is 17.1. The molecule has 0 radical (unpaired) electrons. The Morgan fingerprint density at radius 1 is 0.900 bits per heavy atom. The molecule has 1 aliphatic heterocycles. The molecule has 1 aromatic heterocycles. The molecule has 4 heteroatoms. The number of rotatable bonds is 3. The minimum absolute atomic E-state index is 0.345. The van der Waals surface area contributed by atoms with Crippen LogP contribution < -0.4 is 10.4 Å². The van der Waals surface area contributed by atoms with Crippen LogP contribution in [0.1, 0.15) is 22.3 Å². The van der Waals surface area contributed by atoms with Crippen molar-refractivity contribution in [2.45, 2.75) is 26.9 Å². The molecule has 0 unspecified atom stereocenters. The van der Waals surface area contributed by atoms with Crippen molar-refractivity contribution in [2.24, 2.45) is 0 Å². The molecule has 0 aliphatic carbocycles. The number of benzene rings is 3. The summed E-state index contributed by atoms with van der Waals surface area (Å²) < 4.78 is 11.7. The molecular formula is C26H23NO3. The molecule has 150 valence electrons. The molecule has 4 nitrogen and oxygen atoms in total. The second kappa shape index (κ2) is 7.47. The van der Waals surface area contributed by atoms with E-state index in [-0.39, 0.29) is 5.63 Å². The number of aryl methyl sites for hydroxylation is 2. The van der Waals surface area contributed by atoms with E-state index in [0.29, 0.717) is 18.9 Å². The van der Waals surface area contributed by atoms with Gasteiger partial charge in [0.05, 0.1) is 5.56 Å². The Bertz CT molecular complexity index is 1270. The van der Waals surface area contributed by atoms with Crippen molar-refractivity contribution >= 4 is 11.0 Å². The van der Waals surface area contributed by atoms with Gasteiger partial charge in [0, 0.05) is 24.5 Å². The summed E-state index contributed by atoms with van der Waals surface area (Å²) in [6.45, 7) is 6.09. The lowest BCUT2D eigenvalue weighted by molar-refractivity contribution is 0.0890. The van der Waals surface area contributed by atoms with Gasteiger partial charge in [0.2, 0.25) is 0 Å². The molecule has 0 amide bonds. The molecule has 3 aromatic carbocycles. The van der Waals surface area contributed by atoms with E-state index in [1.807, 2.05) is 24.3 Å². The molecule has 0 saturated heterocycles. The summed E-state index contributed by atoms with van der Waals surface area (Å²) in [7, 11) is 0. The number of nitrogens with zero attached hydrogens (tertiary/aromatic N) is 1. The van der Waals surface area contributed by atoms with Gasteiger partial charge in [-0.1, -0.05) is 59.7 Å². The summed E-state index contributed by atoms with van der Waals surface area (Å²) in [4.78, 5) is 14.6. The van der Waals surface area contributed by atoms with E-state index < -0.39 is 0 Å². The second-order valence-corrected chi connectivity index (χ2v) is 8.01. The highest BCUT2D eigenvalue weighted by Gasteiger charge is 2.23. The third-order valence-corrected chi connectivity index (χ3v) is 5.65. The summed E-state index contributed by atoms with van der Waals surface area (Å²) >= 11 is 0. The van der Waals surface area contributed by atoms with E-state index in [1.165, 1.54) is 16.7 Å². The molecule has 0 spiro atoms. The Kier molecular flexibility index (Phi) is 4.64. The van der Waals surface area contributed by atoms with Gasteiger partial charge < -0.3 is 9.15 Å². The quantitative estimate of drug-likeness (QED) is 0.433. The standard InChI is InChI=1S/C26H23NO3/c1-17-3-7-19(8-4-17)14-27-15-23-24(29-16-27)12-11-21-22(13-25(28)30-26(21)23)20-9-5-18(2)6-10-20/h3-13H,14-16H2,1-2H3. The number of fused-ring (bicyclic) bond motifs is 3. The first-order valence-corrected chi connectivity index (χ1v) is 10.1. The average molecular weight is 397 g/mol. The fraction of sp³-hybridized carbons (Fsp3) is 0.192. The predicted octanol–water partition coefficient (Wildman–Crippen LogP) is 5.43. The van der Waals surface area contributed by atoms with Gasteiger partial charge in [-0.2, -0.15) is 0 Å². The third kappa shape index (κ3) is 3.51. The summed E-state index contributed by atoms with van der Waals surface area (Å²) in [6, 6.07) is 22.3. The summed E-state index contributed by atoms with van der Waals surface area (Å²) in [6.07, 6.45) is 0. The van der Waals surface area contributed by atoms with Gasteiger partial charge in [0.1, 0.15) is 18.1 Å². The van der Waals surface area contributed by atoms with Gasteiger partial charge in [0.15, 0.2) is 0 Å². The van der Waals surface area contributed by atoms with Gasteiger partial charge in [-0.05, 0) is 42.7 Å². The fourth-order valence-electron chi connectivity index (χ4n) is 4.00. The first-order valence-electron chi connectivity index (χ1n) is 10.1. The van der Waals surface area contributed by atoms with Gasteiger partial charge in [-0.25, -0.2) is 4.79 Å². The average Bonchev–Trinajstić information content (AvgIpc) is 2.75. The van der Waals surface area contributed by atoms with Crippen molar-refractivity contribution in [3.05, 3.63) is 99.4 Å². The monoisotopic (exact) mass is 397 g/mol. The smallest absolute Gasteiger partial charge is 0.336 e. The van der Waals surface area contributed by atoms with Crippen LogP contribution in [0.4, 0.5) is 0 Å². The highest BCUT2D eigenvalue weighted by Crippen LogP contribution is 2.36. The highest BCUT2D eigenvalue weighted by atomic mass is 16.5. The Labute approximate surface area is 175 Å². The van der Waals surface area contributed by atoms with E-state index in [2.05, 4.69) is 55.1 Å². The van der Waals surface area contributed by atoms with Crippen LogP contribution in [-0.2, 0) is 13.1 Å². The molecule has 0 atom stereocenters. The van der Waals surface area contributed by atoms with Crippen molar-refractivity contribution in [3.8, 4) is 16.9 Å². The van der Waals surface area contributed by atoms with Crippen molar-refractivity contribution < 1.29 is 9.15 Å². The Morgan fingerprint density at radius 3 is 2.33 bits per heavy atom. The van der Waals surface area contributed by atoms with Crippen LogP contribution in [-0.4, -0.2) is 11.6 Å². The maximum atomic E-state index is 12.4. The van der Waals surface area contributed by atoms with Gasteiger partial charge in [-0.15, -0.1) is 0 Å². The van der Waals surface area contributed by atoms with E-state index in [4.69, 9.17) is 9.15 Å². The van der Waals surface area contributed by atoms with Gasteiger partial charge in [-0.3, -0.25) is 4.90 Å². The molecule has 0 bridgehead atoms. The molecule has 30 heavy (non-hydrogen) atoms. The van der Waals surface area contributed by atoms with E-state index in [1.54, 1.807) is 6.07 Å². The van der Waals surface area contributed by atoms with E-state index in [0.717, 1.165) is 34.4 Å². The van der Waals surface area contributed by atoms with Crippen LogP contribution in [0.3, 0.4) is 0 Å². The lowest BCUT2D eigenvalue weighted by atomic mass is 9.98. The number of ether oxygens (including phenoxy) is 1. The second-order valence-electron chi connectivity index (χ2n) is 8.01. The van der Waals surface area contributed by atoms with Crippen molar-refractivity contribution in [3.63, 3.8) is 0 Å². The topological polar surface area (TPSA) is 42.7 Å². The molecule has 5 rings (SSSR count).